The van der Waals surface area contributed by atoms with Crippen LogP contribution < -0.4 is 19.5 Å². The Labute approximate surface area is 139 Å². The first-order valence-corrected chi connectivity index (χ1v) is 7.62. The highest BCUT2D eigenvalue weighted by Gasteiger charge is 2.17. The summed E-state index contributed by atoms with van der Waals surface area (Å²) in [5, 5.41) is 3.35. The zero-order valence-corrected chi connectivity index (χ0v) is 13.3. The Hall–Kier alpha value is -2.40. The molecule has 0 radical (unpaired) electrons. The second-order valence-corrected chi connectivity index (χ2v) is 5.50. The molecule has 0 aromatic heterocycles. The first kappa shape index (κ1) is 15.5. The molecule has 1 aliphatic heterocycles. The van der Waals surface area contributed by atoms with Gasteiger partial charge in [0.1, 0.15) is 19.0 Å². The van der Waals surface area contributed by atoms with Crippen LogP contribution in [0.25, 0.3) is 0 Å². The number of rotatable bonds is 4. The Morgan fingerprint density at radius 2 is 1.96 bits per heavy atom. The van der Waals surface area contributed by atoms with Crippen molar-refractivity contribution in [2.24, 2.45) is 0 Å². The summed E-state index contributed by atoms with van der Waals surface area (Å²) < 4.78 is 16.5. The van der Waals surface area contributed by atoms with E-state index >= 15 is 0 Å². The fraction of sp³-hybridized carbons (Fsp3) is 0.235. The standard InChI is InChI=1S/C17H16ClNO4/c1-11(23-14-4-2-3-12(18)9-14)17(20)19-13-5-6-15-16(10-13)22-8-7-21-15/h2-6,9-11H,7-8H2,1H3,(H,19,20)/t11-/m1/s1. The number of carbonyl (C=O) groups excluding carboxylic acids is 1. The third kappa shape index (κ3) is 3.87. The molecule has 1 atom stereocenters. The summed E-state index contributed by atoms with van der Waals surface area (Å²) in [6.45, 7) is 2.70. The summed E-state index contributed by atoms with van der Waals surface area (Å²) in [6, 6.07) is 12.2. The first-order chi connectivity index (χ1) is 11.1. The smallest absolute Gasteiger partial charge is 0.265 e. The average Bonchev–Trinajstić information content (AvgIpc) is 2.54. The van der Waals surface area contributed by atoms with Crippen LogP contribution in [0.4, 0.5) is 5.69 Å². The van der Waals surface area contributed by atoms with E-state index in [0.717, 1.165) is 0 Å². The molecule has 23 heavy (non-hydrogen) atoms. The largest absolute Gasteiger partial charge is 0.486 e. The van der Waals surface area contributed by atoms with Crippen molar-refractivity contribution in [3.63, 3.8) is 0 Å². The fourth-order valence-corrected chi connectivity index (χ4v) is 2.34. The highest BCUT2D eigenvalue weighted by Crippen LogP contribution is 2.32. The lowest BCUT2D eigenvalue weighted by Crippen LogP contribution is -2.30. The van der Waals surface area contributed by atoms with E-state index in [1.807, 2.05) is 0 Å². The van der Waals surface area contributed by atoms with Gasteiger partial charge in [0.25, 0.3) is 5.91 Å². The third-order valence-corrected chi connectivity index (χ3v) is 3.52. The van der Waals surface area contributed by atoms with Gasteiger partial charge in [-0.1, -0.05) is 17.7 Å². The first-order valence-electron chi connectivity index (χ1n) is 7.24. The molecule has 0 spiro atoms. The molecule has 0 saturated heterocycles. The number of hydrogen-bond donors (Lipinski definition) is 1. The van der Waals surface area contributed by atoms with Crippen LogP contribution in [0.3, 0.4) is 0 Å². The molecule has 6 heteroatoms. The topological polar surface area (TPSA) is 56.8 Å². The van der Waals surface area contributed by atoms with E-state index < -0.39 is 6.10 Å². The summed E-state index contributed by atoms with van der Waals surface area (Å²) in [6.07, 6.45) is -0.665. The average molecular weight is 334 g/mol. The van der Waals surface area contributed by atoms with Crippen molar-refractivity contribution in [3.8, 4) is 17.2 Å². The van der Waals surface area contributed by atoms with Crippen molar-refractivity contribution in [2.45, 2.75) is 13.0 Å². The van der Waals surface area contributed by atoms with E-state index in [1.165, 1.54) is 0 Å². The van der Waals surface area contributed by atoms with Gasteiger partial charge >= 0.3 is 0 Å². The Kier molecular flexibility index (Phi) is 4.57. The van der Waals surface area contributed by atoms with Crippen LogP contribution in [0.2, 0.25) is 5.02 Å². The number of ether oxygens (including phenoxy) is 3. The molecule has 1 N–H and O–H groups in total. The number of halogens is 1. The van der Waals surface area contributed by atoms with E-state index in [1.54, 1.807) is 49.4 Å². The van der Waals surface area contributed by atoms with Gasteiger partial charge in [-0.3, -0.25) is 4.79 Å². The molecule has 5 nitrogen and oxygen atoms in total. The van der Waals surface area contributed by atoms with E-state index in [9.17, 15) is 4.79 Å². The molecule has 0 bridgehead atoms. The summed E-state index contributed by atoms with van der Waals surface area (Å²) in [4.78, 5) is 12.2. The Bertz CT molecular complexity index is 719. The van der Waals surface area contributed by atoms with E-state index in [0.29, 0.717) is 41.2 Å². The van der Waals surface area contributed by atoms with Gasteiger partial charge in [-0.15, -0.1) is 0 Å². The van der Waals surface area contributed by atoms with Gasteiger partial charge in [0.05, 0.1) is 0 Å². The van der Waals surface area contributed by atoms with E-state index in [2.05, 4.69) is 5.32 Å². The van der Waals surface area contributed by atoms with Gasteiger partial charge in [-0.2, -0.15) is 0 Å². The third-order valence-electron chi connectivity index (χ3n) is 3.29. The van der Waals surface area contributed by atoms with Crippen molar-refractivity contribution in [3.05, 3.63) is 47.5 Å². The SMILES string of the molecule is C[C@@H](Oc1cccc(Cl)c1)C(=O)Nc1ccc2c(c1)OCCO2. The lowest BCUT2D eigenvalue weighted by molar-refractivity contribution is -0.122. The van der Waals surface area contributed by atoms with Crippen LogP contribution in [-0.4, -0.2) is 25.2 Å². The van der Waals surface area contributed by atoms with Gasteiger partial charge < -0.3 is 19.5 Å². The predicted octanol–water partition coefficient (Wildman–Crippen LogP) is 3.52. The molecule has 0 saturated carbocycles. The van der Waals surface area contributed by atoms with Gasteiger partial charge in [-0.05, 0) is 37.3 Å². The Morgan fingerprint density at radius 1 is 1.17 bits per heavy atom. The van der Waals surface area contributed by atoms with Crippen molar-refractivity contribution in [1.82, 2.24) is 0 Å². The zero-order valence-electron chi connectivity index (χ0n) is 12.5. The Balaban J connectivity index is 1.64. The lowest BCUT2D eigenvalue weighted by atomic mass is 10.2. The molecule has 0 unspecified atom stereocenters. The van der Waals surface area contributed by atoms with Crippen molar-refractivity contribution in [2.75, 3.05) is 18.5 Å². The maximum atomic E-state index is 12.2. The zero-order chi connectivity index (χ0) is 16.2. The molecule has 0 fully saturated rings. The number of fused-ring (bicyclic) bond motifs is 1. The number of benzene rings is 2. The van der Waals surface area contributed by atoms with E-state index in [4.69, 9.17) is 25.8 Å². The molecular formula is C17H16ClNO4. The molecule has 2 aromatic rings. The number of carbonyl (C=O) groups is 1. The minimum Gasteiger partial charge on any atom is -0.486 e. The number of amides is 1. The van der Waals surface area contributed by atoms with Crippen LogP contribution >= 0.6 is 11.6 Å². The van der Waals surface area contributed by atoms with Crippen LogP contribution in [0.1, 0.15) is 6.92 Å². The van der Waals surface area contributed by atoms with Crippen LogP contribution in [0.5, 0.6) is 17.2 Å². The summed E-state index contributed by atoms with van der Waals surface area (Å²) in [5.41, 5.74) is 0.626. The number of nitrogens with one attached hydrogen (secondary N) is 1. The fourth-order valence-electron chi connectivity index (χ4n) is 2.16. The van der Waals surface area contributed by atoms with Gasteiger partial charge in [0.2, 0.25) is 0 Å². The van der Waals surface area contributed by atoms with Crippen molar-refractivity contribution < 1.29 is 19.0 Å². The second-order valence-electron chi connectivity index (χ2n) is 5.07. The maximum Gasteiger partial charge on any atom is 0.265 e. The maximum absolute atomic E-state index is 12.2. The minimum atomic E-state index is -0.665. The molecule has 120 valence electrons. The molecule has 0 aliphatic carbocycles. The van der Waals surface area contributed by atoms with Crippen LogP contribution in [0, 0.1) is 0 Å². The second kappa shape index (κ2) is 6.79. The monoisotopic (exact) mass is 333 g/mol. The molecule has 3 rings (SSSR count). The summed E-state index contributed by atoms with van der Waals surface area (Å²) in [5.74, 6) is 1.58. The van der Waals surface area contributed by atoms with Crippen LogP contribution in [0.15, 0.2) is 42.5 Å². The van der Waals surface area contributed by atoms with Gasteiger partial charge in [0, 0.05) is 16.8 Å². The predicted molar refractivity (Wildman–Crippen MR) is 87.6 cm³/mol. The van der Waals surface area contributed by atoms with Crippen LogP contribution in [-0.2, 0) is 4.79 Å². The number of anilines is 1. The summed E-state index contributed by atoms with van der Waals surface area (Å²) >= 11 is 5.90. The normalized spacial score (nSPS) is 14.0. The lowest BCUT2D eigenvalue weighted by Gasteiger charge is -2.19. The molecular weight excluding hydrogens is 318 g/mol. The minimum absolute atomic E-state index is 0.262. The summed E-state index contributed by atoms with van der Waals surface area (Å²) in [7, 11) is 0. The van der Waals surface area contributed by atoms with Gasteiger partial charge in [-0.25, -0.2) is 0 Å². The number of hydrogen-bond acceptors (Lipinski definition) is 4. The quantitative estimate of drug-likeness (QED) is 0.930. The Morgan fingerprint density at radius 3 is 2.74 bits per heavy atom. The highest BCUT2D eigenvalue weighted by atomic mass is 35.5. The molecule has 1 amide bonds. The van der Waals surface area contributed by atoms with E-state index in [-0.39, 0.29) is 5.91 Å². The highest BCUT2D eigenvalue weighted by molar-refractivity contribution is 6.30. The molecule has 1 aliphatic rings. The molecule has 2 aromatic carbocycles. The van der Waals surface area contributed by atoms with Gasteiger partial charge in [0.15, 0.2) is 17.6 Å². The van der Waals surface area contributed by atoms with Crippen molar-refractivity contribution >= 4 is 23.2 Å². The molecule has 1 heterocycles. The van der Waals surface area contributed by atoms with Crippen molar-refractivity contribution in [1.29, 1.82) is 0 Å².